The molecule has 1 unspecified atom stereocenters. The van der Waals surface area contributed by atoms with E-state index in [0.717, 1.165) is 17.9 Å². The second kappa shape index (κ2) is 4.76. The van der Waals surface area contributed by atoms with Crippen LogP contribution in [0.4, 0.5) is 0 Å². The fourth-order valence-electron chi connectivity index (χ4n) is 1.84. The molecule has 1 saturated heterocycles. The predicted octanol–water partition coefficient (Wildman–Crippen LogP) is 1.73. The Bertz CT molecular complexity index is 255. The highest BCUT2D eigenvalue weighted by Gasteiger charge is 2.35. The highest BCUT2D eigenvalue weighted by Crippen LogP contribution is 2.40. The Morgan fingerprint density at radius 3 is 2.40 bits per heavy atom. The van der Waals surface area contributed by atoms with Crippen LogP contribution in [-0.4, -0.2) is 44.1 Å². The van der Waals surface area contributed by atoms with Gasteiger partial charge in [0.05, 0.1) is 0 Å². The molecule has 0 spiro atoms. The van der Waals surface area contributed by atoms with Gasteiger partial charge in [0, 0.05) is 17.3 Å². The number of nitrogens with zero attached hydrogens (tertiary/aromatic N) is 1. The molecule has 0 aromatic heterocycles. The van der Waals surface area contributed by atoms with Gasteiger partial charge in [-0.15, -0.1) is 0 Å². The first-order chi connectivity index (χ1) is 6.70. The molecule has 0 aromatic rings. The van der Waals surface area contributed by atoms with E-state index in [-0.39, 0.29) is 11.8 Å². The van der Waals surface area contributed by atoms with Gasteiger partial charge in [-0.05, 0) is 32.9 Å². The van der Waals surface area contributed by atoms with Crippen LogP contribution in [0, 0.1) is 0 Å². The van der Waals surface area contributed by atoms with Crippen molar-refractivity contribution in [1.82, 2.24) is 4.90 Å². The first kappa shape index (κ1) is 13.5. The summed E-state index contributed by atoms with van der Waals surface area (Å²) in [6, 6.07) is 0.308. The summed E-state index contributed by atoms with van der Waals surface area (Å²) in [6.45, 7) is 6.02. The fraction of sp³-hybridized carbons (Fsp3) is 1.00. The molecule has 90 valence electrons. The van der Waals surface area contributed by atoms with Crippen molar-refractivity contribution >= 4 is 19.4 Å². The summed E-state index contributed by atoms with van der Waals surface area (Å²) in [4.78, 5) is 20.1. The number of hydrogen-bond acceptors (Lipinski definition) is 3. The van der Waals surface area contributed by atoms with Gasteiger partial charge in [-0.2, -0.15) is 11.8 Å². The van der Waals surface area contributed by atoms with Crippen LogP contribution in [0.1, 0.15) is 27.2 Å². The Morgan fingerprint density at radius 2 is 2.07 bits per heavy atom. The molecule has 0 amide bonds. The predicted molar refractivity (Wildman–Crippen MR) is 64.2 cm³/mol. The van der Waals surface area contributed by atoms with E-state index >= 15 is 0 Å². The first-order valence-corrected chi connectivity index (χ1v) is 8.04. The molecule has 0 aliphatic carbocycles. The van der Waals surface area contributed by atoms with Crippen LogP contribution < -0.4 is 0 Å². The topological polar surface area (TPSA) is 60.8 Å². The second-order valence-electron chi connectivity index (χ2n) is 4.96. The molecule has 6 heteroatoms. The van der Waals surface area contributed by atoms with E-state index in [1.54, 1.807) is 0 Å². The average Bonchev–Trinajstić information content (AvgIpc) is 2.47. The Balaban J connectivity index is 2.73. The van der Waals surface area contributed by atoms with Gasteiger partial charge in [-0.25, -0.2) is 0 Å². The molecule has 0 aromatic carbocycles. The van der Waals surface area contributed by atoms with Gasteiger partial charge in [0.25, 0.3) is 0 Å². The minimum Gasteiger partial charge on any atom is -0.324 e. The maximum atomic E-state index is 11.1. The lowest BCUT2D eigenvalue weighted by molar-refractivity contribution is 0.109. The van der Waals surface area contributed by atoms with Crippen molar-refractivity contribution < 1.29 is 14.4 Å². The lowest BCUT2D eigenvalue weighted by Crippen LogP contribution is -2.48. The van der Waals surface area contributed by atoms with Gasteiger partial charge in [0.1, 0.15) is 6.29 Å². The molecule has 2 N–H and O–H groups in total. The normalized spacial score (nSPS) is 23.7. The Labute approximate surface area is 95.6 Å². The summed E-state index contributed by atoms with van der Waals surface area (Å²) >= 11 is 1.86. The molecule has 0 radical (unpaired) electrons. The van der Waals surface area contributed by atoms with Crippen molar-refractivity contribution in [2.24, 2.45) is 0 Å². The molecule has 1 heterocycles. The second-order valence-corrected chi connectivity index (χ2v) is 7.73. The molecule has 0 saturated carbocycles. The van der Waals surface area contributed by atoms with Gasteiger partial charge in [-0.1, -0.05) is 0 Å². The smallest absolute Gasteiger partial charge is 0.324 e. The molecular weight excluding hydrogens is 233 g/mol. The largest absolute Gasteiger partial charge is 0.339 e. The number of hydrogen-bond donors (Lipinski definition) is 2. The van der Waals surface area contributed by atoms with E-state index in [0.29, 0.717) is 6.04 Å². The molecule has 1 atom stereocenters. The summed E-state index contributed by atoms with van der Waals surface area (Å²) in [7, 11) is -3.95. The Morgan fingerprint density at radius 1 is 1.47 bits per heavy atom. The Kier molecular flexibility index (Phi) is 4.29. The summed E-state index contributed by atoms with van der Waals surface area (Å²) in [5.74, 6) is 2.08. The summed E-state index contributed by atoms with van der Waals surface area (Å²) in [5.41, 5.74) is -0.184. The third kappa shape index (κ3) is 4.45. The molecule has 0 bridgehead atoms. The van der Waals surface area contributed by atoms with Crippen molar-refractivity contribution in [2.45, 2.75) is 38.8 Å². The number of thioether (sulfide) groups is 1. The molecule has 1 fully saturated rings. The van der Waals surface area contributed by atoms with Gasteiger partial charge < -0.3 is 9.79 Å². The van der Waals surface area contributed by atoms with Gasteiger partial charge in [0.15, 0.2) is 0 Å². The zero-order chi connectivity index (χ0) is 11.7. The quantitative estimate of drug-likeness (QED) is 0.750. The minimum atomic E-state index is -3.95. The van der Waals surface area contributed by atoms with Crippen LogP contribution >= 0.6 is 19.4 Å². The fourth-order valence-corrected chi connectivity index (χ4v) is 4.12. The van der Waals surface area contributed by atoms with Crippen molar-refractivity contribution in [3.05, 3.63) is 0 Å². The van der Waals surface area contributed by atoms with Crippen LogP contribution in [0.25, 0.3) is 0 Å². The maximum Gasteiger partial charge on any atom is 0.339 e. The maximum absolute atomic E-state index is 11.1. The highest BCUT2D eigenvalue weighted by molar-refractivity contribution is 7.99. The minimum absolute atomic E-state index is 0.123. The molecule has 1 aliphatic rings. The van der Waals surface area contributed by atoms with Crippen LogP contribution in [0.3, 0.4) is 0 Å². The molecular formula is C9H20NO3PS. The summed E-state index contributed by atoms with van der Waals surface area (Å²) in [6.07, 6.45) is 0.906. The van der Waals surface area contributed by atoms with Crippen LogP contribution in [0.15, 0.2) is 0 Å². The average molecular weight is 253 g/mol. The zero-order valence-corrected chi connectivity index (χ0v) is 11.2. The molecule has 1 rings (SSSR count). The monoisotopic (exact) mass is 253 g/mol. The Hall–Kier alpha value is 0.460. The van der Waals surface area contributed by atoms with E-state index < -0.39 is 7.60 Å². The van der Waals surface area contributed by atoms with Crippen molar-refractivity contribution in [3.63, 3.8) is 0 Å². The lowest BCUT2D eigenvalue weighted by Gasteiger charge is -2.39. The number of rotatable bonds is 3. The first-order valence-electron chi connectivity index (χ1n) is 5.09. The zero-order valence-electron chi connectivity index (χ0n) is 9.51. The van der Waals surface area contributed by atoms with Gasteiger partial charge in [-0.3, -0.25) is 9.46 Å². The van der Waals surface area contributed by atoms with Crippen LogP contribution in [-0.2, 0) is 4.57 Å². The van der Waals surface area contributed by atoms with E-state index in [4.69, 9.17) is 9.79 Å². The van der Waals surface area contributed by atoms with Crippen LogP contribution in [0.2, 0.25) is 0 Å². The van der Waals surface area contributed by atoms with E-state index in [9.17, 15) is 4.57 Å². The van der Waals surface area contributed by atoms with Crippen LogP contribution in [0.5, 0.6) is 0 Å². The van der Waals surface area contributed by atoms with Gasteiger partial charge in [0.2, 0.25) is 0 Å². The highest BCUT2D eigenvalue weighted by atomic mass is 32.2. The molecule has 4 nitrogen and oxygen atoms in total. The molecule has 1 aliphatic heterocycles. The SMILES string of the molecule is CC(C)(C)N(CP(=O)(O)O)C1CCSC1. The van der Waals surface area contributed by atoms with E-state index in [1.807, 2.05) is 37.4 Å². The third-order valence-electron chi connectivity index (χ3n) is 2.54. The van der Waals surface area contributed by atoms with Crippen molar-refractivity contribution in [1.29, 1.82) is 0 Å². The standard InChI is InChI=1S/C9H20NO3PS/c1-9(2,3)10(7-14(11,12)13)8-4-5-15-6-8/h8H,4-7H2,1-3H3,(H2,11,12,13). The summed E-state index contributed by atoms with van der Waals surface area (Å²) in [5, 5.41) is 0. The van der Waals surface area contributed by atoms with Crippen molar-refractivity contribution in [2.75, 3.05) is 17.8 Å². The van der Waals surface area contributed by atoms with E-state index in [1.165, 1.54) is 0 Å². The van der Waals surface area contributed by atoms with Crippen molar-refractivity contribution in [3.8, 4) is 0 Å². The lowest BCUT2D eigenvalue weighted by atomic mass is 10.0. The third-order valence-corrected chi connectivity index (χ3v) is 4.36. The summed E-state index contributed by atoms with van der Waals surface area (Å²) < 4.78 is 11.1. The van der Waals surface area contributed by atoms with Gasteiger partial charge >= 0.3 is 7.60 Å². The molecule has 15 heavy (non-hydrogen) atoms. The van der Waals surface area contributed by atoms with E-state index in [2.05, 4.69) is 0 Å².